The second-order valence-corrected chi connectivity index (χ2v) is 4.07. The van der Waals surface area contributed by atoms with Crippen molar-refractivity contribution < 1.29 is 0 Å². The number of nitrogens with two attached hydrogens (primary N) is 1. The molecule has 0 fully saturated rings. The van der Waals surface area contributed by atoms with E-state index < -0.39 is 0 Å². The maximum Gasteiger partial charge on any atom is 0.216 e. The van der Waals surface area contributed by atoms with Crippen LogP contribution in [0.15, 0.2) is 23.4 Å². The first-order valence-corrected chi connectivity index (χ1v) is 5.52. The van der Waals surface area contributed by atoms with Crippen molar-refractivity contribution in [2.45, 2.75) is 10.9 Å². The lowest BCUT2D eigenvalue weighted by atomic mass is 10.4. The number of anilines is 1. The van der Waals surface area contributed by atoms with Crippen molar-refractivity contribution in [2.75, 3.05) is 5.73 Å². The van der Waals surface area contributed by atoms with Gasteiger partial charge in [0.15, 0.2) is 0 Å². The first-order valence-electron chi connectivity index (χ1n) is 4.16. The molecule has 0 atom stereocenters. The molecule has 0 aliphatic carbocycles. The smallest absolute Gasteiger partial charge is 0.216 e. The van der Waals surface area contributed by atoms with Gasteiger partial charge in [-0.1, -0.05) is 29.4 Å². The van der Waals surface area contributed by atoms with Gasteiger partial charge in [-0.15, -0.1) is 5.10 Å². The van der Waals surface area contributed by atoms with Crippen LogP contribution in [0, 0.1) is 0 Å². The van der Waals surface area contributed by atoms with E-state index in [9.17, 15) is 0 Å². The molecule has 0 bridgehead atoms. The summed E-state index contributed by atoms with van der Waals surface area (Å²) in [5.74, 6) is 0.981. The number of nitrogen functional groups attached to an aromatic ring is 1. The molecule has 5 nitrogen and oxygen atoms in total. The van der Waals surface area contributed by atoms with E-state index in [-0.39, 0.29) is 0 Å². The largest absolute Gasteiger partial charge is 0.368 e. The SMILES string of the molecule is Nc1nc(SCc2cccc(Cl)n2)n[nH]1. The van der Waals surface area contributed by atoms with E-state index >= 15 is 0 Å². The highest BCUT2D eigenvalue weighted by atomic mass is 35.5. The molecule has 0 radical (unpaired) electrons. The molecule has 0 aliphatic rings. The summed E-state index contributed by atoms with van der Waals surface area (Å²) < 4.78 is 0. The molecule has 0 aliphatic heterocycles. The zero-order chi connectivity index (χ0) is 10.7. The number of nitrogens with one attached hydrogen (secondary N) is 1. The van der Waals surface area contributed by atoms with Crippen LogP contribution < -0.4 is 5.73 Å². The van der Waals surface area contributed by atoms with Gasteiger partial charge in [0.25, 0.3) is 0 Å². The van der Waals surface area contributed by atoms with Crippen molar-refractivity contribution in [1.29, 1.82) is 0 Å². The Kier molecular flexibility index (Phi) is 3.08. The summed E-state index contributed by atoms with van der Waals surface area (Å²) in [5, 5.41) is 7.55. The number of halogens is 1. The van der Waals surface area contributed by atoms with Crippen LogP contribution in [-0.4, -0.2) is 20.2 Å². The van der Waals surface area contributed by atoms with Gasteiger partial charge in [-0.25, -0.2) is 10.1 Å². The Balaban J connectivity index is 1.99. The third-order valence-corrected chi connectivity index (χ3v) is 2.70. The Morgan fingerprint density at radius 1 is 1.40 bits per heavy atom. The summed E-state index contributed by atoms with van der Waals surface area (Å²) >= 11 is 7.20. The van der Waals surface area contributed by atoms with Crippen LogP contribution in [0.4, 0.5) is 5.95 Å². The molecule has 3 N–H and O–H groups in total. The van der Waals surface area contributed by atoms with E-state index in [1.165, 1.54) is 11.8 Å². The number of thioether (sulfide) groups is 1. The summed E-state index contributed by atoms with van der Waals surface area (Å²) in [6.45, 7) is 0. The highest BCUT2D eigenvalue weighted by Crippen LogP contribution is 2.18. The van der Waals surface area contributed by atoms with Gasteiger partial charge in [-0.3, -0.25) is 0 Å². The molecule has 78 valence electrons. The van der Waals surface area contributed by atoms with E-state index in [0.717, 1.165) is 5.69 Å². The summed E-state index contributed by atoms with van der Waals surface area (Å²) in [4.78, 5) is 8.10. The Morgan fingerprint density at radius 2 is 2.27 bits per heavy atom. The highest BCUT2D eigenvalue weighted by molar-refractivity contribution is 7.98. The van der Waals surface area contributed by atoms with E-state index in [2.05, 4.69) is 20.2 Å². The van der Waals surface area contributed by atoms with Gasteiger partial charge in [0.2, 0.25) is 11.1 Å². The predicted octanol–water partition coefficient (Wildman–Crippen LogP) is 1.73. The van der Waals surface area contributed by atoms with Gasteiger partial charge in [-0.2, -0.15) is 4.98 Å². The van der Waals surface area contributed by atoms with Crippen LogP contribution >= 0.6 is 23.4 Å². The first kappa shape index (κ1) is 10.3. The van der Waals surface area contributed by atoms with Crippen LogP contribution in [0.2, 0.25) is 5.15 Å². The van der Waals surface area contributed by atoms with Gasteiger partial charge in [0.1, 0.15) is 5.15 Å². The van der Waals surface area contributed by atoms with Crippen molar-refractivity contribution in [1.82, 2.24) is 20.2 Å². The summed E-state index contributed by atoms with van der Waals surface area (Å²) in [7, 11) is 0. The zero-order valence-corrected chi connectivity index (χ0v) is 9.22. The van der Waals surface area contributed by atoms with Crippen LogP contribution in [0.5, 0.6) is 0 Å². The monoisotopic (exact) mass is 241 g/mol. The molecule has 0 amide bonds. The maximum atomic E-state index is 5.75. The Labute approximate surface area is 95.5 Å². The average molecular weight is 242 g/mol. The normalized spacial score (nSPS) is 10.5. The first-order chi connectivity index (χ1) is 7.24. The molecule has 2 heterocycles. The van der Waals surface area contributed by atoms with Crippen LogP contribution in [0.3, 0.4) is 0 Å². The topological polar surface area (TPSA) is 80.5 Å². The molecular weight excluding hydrogens is 234 g/mol. The molecule has 2 rings (SSSR count). The number of pyridine rings is 1. The van der Waals surface area contributed by atoms with Crippen molar-refractivity contribution in [3.8, 4) is 0 Å². The number of hydrogen-bond acceptors (Lipinski definition) is 5. The lowest BCUT2D eigenvalue weighted by Gasteiger charge is -1.97. The summed E-state index contributed by atoms with van der Waals surface area (Å²) in [6.07, 6.45) is 0. The number of rotatable bonds is 3. The van der Waals surface area contributed by atoms with Crippen molar-refractivity contribution in [3.63, 3.8) is 0 Å². The van der Waals surface area contributed by atoms with Gasteiger partial charge < -0.3 is 5.73 Å². The number of aromatic nitrogens is 4. The quantitative estimate of drug-likeness (QED) is 0.632. The van der Waals surface area contributed by atoms with Crippen LogP contribution in [-0.2, 0) is 5.75 Å². The van der Waals surface area contributed by atoms with Crippen molar-refractivity contribution >= 4 is 29.3 Å². The lowest BCUT2D eigenvalue weighted by molar-refractivity contribution is 0.971. The Hall–Kier alpha value is -1.27. The minimum absolute atomic E-state index is 0.316. The van der Waals surface area contributed by atoms with Gasteiger partial charge >= 0.3 is 0 Å². The molecule has 0 saturated heterocycles. The lowest BCUT2D eigenvalue weighted by Crippen LogP contribution is -1.87. The van der Waals surface area contributed by atoms with Crippen molar-refractivity contribution in [3.05, 3.63) is 29.0 Å². The van der Waals surface area contributed by atoms with Gasteiger partial charge in [0.05, 0.1) is 5.69 Å². The molecular formula is C8H8ClN5S. The van der Waals surface area contributed by atoms with Gasteiger partial charge in [0, 0.05) is 5.75 Å². The second-order valence-electron chi connectivity index (χ2n) is 2.74. The Bertz CT molecular complexity index is 458. The zero-order valence-electron chi connectivity index (χ0n) is 7.64. The number of aromatic amines is 1. The fourth-order valence-electron chi connectivity index (χ4n) is 0.992. The second kappa shape index (κ2) is 4.50. The minimum Gasteiger partial charge on any atom is -0.368 e. The fourth-order valence-corrected chi connectivity index (χ4v) is 1.88. The summed E-state index contributed by atoms with van der Waals surface area (Å²) in [6, 6.07) is 5.49. The molecule has 2 aromatic heterocycles. The van der Waals surface area contributed by atoms with Crippen LogP contribution in [0.25, 0.3) is 0 Å². The predicted molar refractivity (Wildman–Crippen MR) is 59.6 cm³/mol. The third kappa shape index (κ3) is 2.84. The van der Waals surface area contributed by atoms with Gasteiger partial charge in [-0.05, 0) is 12.1 Å². The Morgan fingerprint density at radius 3 is 2.93 bits per heavy atom. The molecule has 7 heteroatoms. The molecule has 15 heavy (non-hydrogen) atoms. The molecule has 0 saturated carbocycles. The third-order valence-electron chi connectivity index (χ3n) is 1.60. The standard InChI is InChI=1S/C8H8ClN5S/c9-6-3-1-2-5(11-6)4-15-8-12-7(10)13-14-8/h1-3H,4H2,(H3,10,12,13,14). The van der Waals surface area contributed by atoms with Crippen LogP contribution in [0.1, 0.15) is 5.69 Å². The van der Waals surface area contributed by atoms with E-state index in [1.807, 2.05) is 12.1 Å². The molecule has 0 aromatic carbocycles. The maximum absolute atomic E-state index is 5.75. The van der Waals surface area contributed by atoms with Crippen molar-refractivity contribution in [2.24, 2.45) is 0 Å². The van der Waals surface area contributed by atoms with E-state index in [1.54, 1.807) is 6.07 Å². The summed E-state index contributed by atoms with van der Waals surface area (Å²) in [5.41, 5.74) is 6.28. The van der Waals surface area contributed by atoms with E-state index in [4.69, 9.17) is 17.3 Å². The number of H-pyrrole nitrogens is 1. The number of hydrogen-bond donors (Lipinski definition) is 2. The number of nitrogens with zero attached hydrogens (tertiary/aromatic N) is 3. The average Bonchev–Trinajstić information content (AvgIpc) is 2.62. The highest BCUT2D eigenvalue weighted by Gasteiger charge is 2.02. The molecule has 0 spiro atoms. The molecule has 2 aromatic rings. The molecule has 0 unspecified atom stereocenters. The fraction of sp³-hybridized carbons (Fsp3) is 0.125. The van der Waals surface area contributed by atoms with E-state index in [0.29, 0.717) is 22.0 Å². The minimum atomic E-state index is 0.316.